The van der Waals surface area contributed by atoms with Crippen molar-refractivity contribution in [3.05, 3.63) is 53.7 Å². The summed E-state index contributed by atoms with van der Waals surface area (Å²) in [5.74, 6) is 0.0213. The highest BCUT2D eigenvalue weighted by Gasteiger charge is 2.29. The molecular weight excluding hydrogens is 360 g/mol. The van der Waals surface area contributed by atoms with E-state index in [1.54, 1.807) is 11.8 Å². The van der Waals surface area contributed by atoms with Crippen LogP contribution in [-0.2, 0) is 16.0 Å². The number of amides is 1. The van der Waals surface area contributed by atoms with E-state index in [-0.39, 0.29) is 17.1 Å². The summed E-state index contributed by atoms with van der Waals surface area (Å²) in [7, 11) is 0. The summed E-state index contributed by atoms with van der Waals surface area (Å²) in [5, 5.41) is 11.9. The van der Waals surface area contributed by atoms with Gasteiger partial charge < -0.3 is 10.4 Å². The van der Waals surface area contributed by atoms with Crippen LogP contribution in [0.1, 0.15) is 42.7 Å². The van der Waals surface area contributed by atoms with E-state index in [1.807, 2.05) is 30.5 Å². The number of anilines is 1. The monoisotopic (exact) mass is 382 g/mol. The Morgan fingerprint density at radius 2 is 1.85 bits per heavy atom. The van der Waals surface area contributed by atoms with Crippen LogP contribution < -0.4 is 5.32 Å². The van der Waals surface area contributed by atoms with Crippen LogP contribution in [0.2, 0.25) is 0 Å². The lowest BCUT2D eigenvalue weighted by molar-refractivity contribution is -0.142. The molecule has 1 saturated carbocycles. The predicted molar refractivity (Wildman–Crippen MR) is 105 cm³/mol. The van der Waals surface area contributed by atoms with E-state index in [9.17, 15) is 9.59 Å². The average molecular weight is 382 g/mol. The number of aliphatic carboxylic acids is 1. The Hall–Kier alpha value is -2.34. The third-order valence-corrected chi connectivity index (χ3v) is 6.84. The van der Waals surface area contributed by atoms with Gasteiger partial charge in [-0.3, -0.25) is 9.59 Å². The fourth-order valence-electron chi connectivity index (χ4n) is 3.93. The van der Waals surface area contributed by atoms with E-state index >= 15 is 0 Å². The molecule has 27 heavy (non-hydrogen) atoms. The number of carboxylic acids is 1. The summed E-state index contributed by atoms with van der Waals surface area (Å²) in [4.78, 5) is 29.2. The molecule has 2 aromatic rings. The number of pyridine rings is 1. The number of rotatable bonds is 4. The van der Waals surface area contributed by atoms with E-state index in [2.05, 4.69) is 22.4 Å². The molecule has 2 N–H and O–H groups in total. The number of hydrogen-bond donors (Lipinski definition) is 2. The molecule has 1 atom stereocenters. The van der Waals surface area contributed by atoms with Gasteiger partial charge in [0.25, 0.3) is 0 Å². The second-order valence-corrected chi connectivity index (χ2v) is 8.52. The fourth-order valence-corrected chi connectivity index (χ4v) is 5.12. The maximum absolute atomic E-state index is 12.5. The smallest absolute Gasteiger partial charge is 0.306 e. The quantitative estimate of drug-likeness (QED) is 0.832. The predicted octanol–water partition coefficient (Wildman–Crippen LogP) is 4.10. The van der Waals surface area contributed by atoms with Crippen molar-refractivity contribution in [1.29, 1.82) is 0 Å². The largest absolute Gasteiger partial charge is 0.481 e. The number of hydrogen-bond acceptors (Lipinski definition) is 4. The van der Waals surface area contributed by atoms with Crippen LogP contribution >= 0.6 is 11.8 Å². The summed E-state index contributed by atoms with van der Waals surface area (Å²) in [5.41, 5.74) is 2.35. The Labute approximate surface area is 162 Å². The first-order valence-corrected chi connectivity index (χ1v) is 10.2. The van der Waals surface area contributed by atoms with Crippen molar-refractivity contribution in [1.82, 2.24) is 4.98 Å². The van der Waals surface area contributed by atoms with Crippen LogP contribution in [0, 0.1) is 5.92 Å². The van der Waals surface area contributed by atoms with Gasteiger partial charge in [-0.05, 0) is 61.3 Å². The third kappa shape index (κ3) is 4.00. The Bertz CT molecular complexity index is 820. The van der Waals surface area contributed by atoms with Crippen LogP contribution in [0.15, 0.2) is 47.5 Å². The molecule has 140 valence electrons. The normalized spacial score (nSPS) is 24.2. The van der Waals surface area contributed by atoms with Gasteiger partial charge in [0.2, 0.25) is 5.91 Å². The maximum Gasteiger partial charge on any atom is 0.306 e. The number of aromatic nitrogens is 1. The molecule has 1 unspecified atom stereocenters. The number of carbonyl (C=O) groups excluding carboxylic acids is 1. The minimum absolute atomic E-state index is 0.0154. The summed E-state index contributed by atoms with van der Waals surface area (Å²) >= 11 is 1.60. The third-order valence-electron chi connectivity index (χ3n) is 5.53. The molecule has 4 rings (SSSR count). The van der Waals surface area contributed by atoms with Crippen LogP contribution in [-0.4, -0.2) is 27.2 Å². The van der Waals surface area contributed by atoms with Crippen molar-refractivity contribution in [2.75, 3.05) is 5.32 Å². The van der Waals surface area contributed by atoms with Gasteiger partial charge in [0, 0.05) is 11.1 Å². The number of nitrogens with zero attached hydrogens (tertiary/aromatic N) is 1. The van der Waals surface area contributed by atoms with Gasteiger partial charge >= 0.3 is 5.97 Å². The lowest BCUT2D eigenvalue weighted by Gasteiger charge is -2.26. The highest BCUT2D eigenvalue weighted by Crippen LogP contribution is 2.38. The minimum atomic E-state index is -0.684. The maximum atomic E-state index is 12.5. The number of carbonyl (C=O) groups is 2. The highest BCUT2D eigenvalue weighted by atomic mass is 32.2. The Morgan fingerprint density at radius 1 is 1.07 bits per heavy atom. The zero-order valence-electron chi connectivity index (χ0n) is 14.9. The molecule has 1 aromatic carbocycles. The number of carboxylic acid groups (broad SMARTS) is 1. The fraction of sp³-hybridized carbons (Fsp3) is 0.381. The Kier molecular flexibility index (Phi) is 5.16. The lowest BCUT2D eigenvalue weighted by Crippen LogP contribution is -2.25. The molecule has 1 fully saturated rings. The lowest BCUT2D eigenvalue weighted by atomic mass is 9.79. The van der Waals surface area contributed by atoms with Gasteiger partial charge in [0.1, 0.15) is 5.82 Å². The standard InChI is InChI=1S/C21H22N2O3S/c24-20(18-11-15-3-1-2-4-17(15)27-18)23-19-10-9-16(12-22-19)13-5-7-14(8-6-13)21(25)26/h1-4,9-10,12-14,18H,5-8,11H2,(H,25,26)(H,22,23,24). The van der Waals surface area contributed by atoms with Gasteiger partial charge in [-0.15, -0.1) is 11.8 Å². The zero-order valence-corrected chi connectivity index (χ0v) is 15.7. The van der Waals surface area contributed by atoms with E-state index in [0.29, 0.717) is 11.7 Å². The molecular formula is C21H22N2O3S. The molecule has 0 saturated heterocycles. The molecule has 1 amide bonds. The molecule has 5 nitrogen and oxygen atoms in total. The molecule has 2 heterocycles. The molecule has 6 heteroatoms. The molecule has 1 aromatic heterocycles. The number of nitrogens with one attached hydrogen (secondary N) is 1. The summed E-state index contributed by atoms with van der Waals surface area (Å²) in [6, 6.07) is 12.0. The first kappa shape index (κ1) is 18.0. The van der Waals surface area contributed by atoms with E-state index < -0.39 is 5.97 Å². The van der Waals surface area contributed by atoms with Crippen molar-refractivity contribution in [2.45, 2.75) is 48.2 Å². The molecule has 1 aliphatic heterocycles. The van der Waals surface area contributed by atoms with E-state index in [1.165, 1.54) is 10.5 Å². The molecule has 0 radical (unpaired) electrons. The molecule has 0 spiro atoms. The zero-order chi connectivity index (χ0) is 18.8. The summed E-state index contributed by atoms with van der Waals surface area (Å²) < 4.78 is 0. The minimum Gasteiger partial charge on any atom is -0.481 e. The Morgan fingerprint density at radius 3 is 2.52 bits per heavy atom. The van der Waals surface area contributed by atoms with E-state index in [0.717, 1.165) is 37.7 Å². The number of benzene rings is 1. The SMILES string of the molecule is O=C(O)C1CCC(c2ccc(NC(=O)C3Cc4ccccc4S3)nc2)CC1. The van der Waals surface area contributed by atoms with Gasteiger partial charge in [-0.1, -0.05) is 24.3 Å². The number of thioether (sulfide) groups is 1. The second-order valence-electron chi connectivity index (χ2n) is 7.27. The average Bonchev–Trinajstić information content (AvgIpc) is 3.13. The van der Waals surface area contributed by atoms with Crippen molar-refractivity contribution in [2.24, 2.45) is 5.92 Å². The first-order valence-electron chi connectivity index (χ1n) is 9.34. The van der Waals surface area contributed by atoms with Crippen LogP contribution in [0.3, 0.4) is 0 Å². The van der Waals surface area contributed by atoms with Crippen molar-refractivity contribution >= 4 is 29.5 Å². The Balaban J connectivity index is 1.33. The number of fused-ring (bicyclic) bond motifs is 1. The summed E-state index contributed by atoms with van der Waals surface area (Å²) in [6.07, 6.45) is 5.76. The van der Waals surface area contributed by atoms with Crippen molar-refractivity contribution in [3.8, 4) is 0 Å². The first-order chi connectivity index (χ1) is 13.1. The molecule has 1 aliphatic carbocycles. The molecule has 0 bridgehead atoms. The van der Waals surface area contributed by atoms with Gasteiger partial charge in [-0.25, -0.2) is 4.98 Å². The topological polar surface area (TPSA) is 79.3 Å². The second kappa shape index (κ2) is 7.72. The van der Waals surface area contributed by atoms with Crippen LogP contribution in [0.4, 0.5) is 5.82 Å². The van der Waals surface area contributed by atoms with Crippen LogP contribution in [0.25, 0.3) is 0 Å². The molecule has 2 aliphatic rings. The van der Waals surface area contributed by atoms with Gasteiger partial charge in [0.05, 0.1) is 11.2 Å². The van der Waals surface area contributed by atoms with E-state index in [4.69, 9.17) is 5.11 Å². The van der Waals surface area contributed by atoms with Gasteiger partial charge in [-0.2, -0.15) is 0 Å². The van der Waals surface area contributed by atoms with Gasteiger partial charge in [0.15, 0.2) is 0 Å². The summed E-state index contributed by atoms with van der Waals surface area (Å²) in [6.45, 7) is 0. The van der Waals surface area contributed by atoms with Crippen molar-refractivity contribution < 1.29 is 14.7 Å². The highest BCUT2D eigenvalue weighted by molar-refractivity contribution is 8.01. The van der Waals surface area contributed by atoms with Crippen LogP contribution in [0.5, 0.6) is 0 Å². The van der Waals surface area contributed by atoms with Crippen molar-refractivity contribution in [3.63, 3.8) is 0 Å².